The van der Waals surface area contributed by atoms with E-state index in [-0.39, 0.29) is 17.8 Å². The zero-order chi connectivity index (χ0) is 20.6. The van der Waals surface area contributed by atoms with Crippen LogP contribution >= 0.6 is 0 Å². The molecule has 0 aromatic heterocycles. The Labute approximate surface area is 170 Å². The Hall–Kier alpha value is -3.40. The number of likely N-dealkylation sites (N-methyl/N-ethyl adjacent to an activating group) is 1. The number of para-hydroxylation sites is 1. The van der Waals surface area contributed by atoms with Crippen molar-refractivity contribution in [1.82, 2.24) is 0 Å². The van der Waals surface area contributed by atoms with Crippen LogP contribution in [0, 0.1) is 0 Å². The molecule has 0 N–H and O–H groups in total. The lowest BCUT2D eigenvalue weighted by atomic mass is 9.83. The van der Waals surface area contributed by atoms with Crippen molar-refractivity contribution in [2.24, 2.45) is 0 Å². The molecule has 3 aromatic rings. The van der Waals surface area contributed by atoms with E-state index in [4.69, 9.17) is 4.74 Å². The van der Waals surface area contributed by atoms with Gasteiger partial charge in [-0.25, -0.2) is 4.79 Å². The van der Waals surface area contributed by atoms with Crippen molar-refractivity contribution in [2.75, 3.05) is 18.6 Å². The summed E-state index contributed by atoms with van der Waals surface area (Å²) in [6.07, 6.45) is 1.59. The van der Waals surface area contributed by atoms with E-state index in [1.807, 2.05) is 66.5 Å². The second-order valence-electron chi connectivity index (χ2n) is 7.80. The van der Waals surface area contributed by atoms with Gasteiger partial charge in [0.05, 0.1) is 5.56 Å². The second-order valence-corrected chi connectivity index (χ2v) is 7.80. The van der Waals surface area contributed by atoms with Gasteiger partial charge in [0.25, 0.3) is 0 Å². The van der Waals surface area contributed by atoms with Crippen molar-refractivity contribution >= 4 is 28.2 Å². The molecule has 146 valence electrons. The summed E-state index contributed by atoms with van der Waals surface area (Å²) in [5, 5.41) is 1.78. The van der Waals surface area contributed by atoms with Gasteiger partial charge >= 0.3 is 5.97 Å². The smallest absolute Gasteiger partial charge is 0.339 e. The Morgan fingerprint density at radius 3 is 2.45 bits per heavy atom. The largest absolute Gasteiger partial charge is 0.454 e. The molecule has 0 unspecified atom stereocenters. The number of hydrogen-bond donors (Lipinski definition) is 0. The van der Waals surface area contributed by atoms with E-state index in [1.54, 1.807) is 12.1 Å². The summed E-state index contributed by atoms with van der Waals surface area (Å²) >= 11 is 0. The first-order valence-corrected chi connectivity index (χ1v) is 9.63. The Balaban J connectivity index is 1.51. The summed E-state index contributed by atoms with van der Waals surface area (Å²) < 4.78 is 5.34. The number of ketones is 1. The Morgan fingerprint density at radius 2 is 1.66 bits per heavy atom. The highest BCUT2D eigenvalue weighted by molar-refractivity contribution is 6.05. The van der Waals surface area contributed by atoms with Crippen molar-refractivity contribution < 1.29 is 14.3 Å². The maximum absolute atomic E-state index is 12.6. The highest BCUT2D eigenvalue weighted by Crippen LogP contribution is 2.46. The average molecular weight is 385 g/mol. The molecule has 0 radical (unpaired) electrons. The van der Waals surface area contributed by atoms with Crippen LogP contribution in [-0.2, 0) is 14.9 Å². The molecule has 0 spiro atoms. The van der Waals surface area contributed by atoms with Crippen molar-refractivity contribution in [3.05, 3.63) is 89.6 Å². The predicted octanol–water partition coefficient (Wildman–Crippen LogP) is 4.88. The van der Waals surface area contributed by atoms with E-state index in [0.29, 0.717) is 5.56 Å². The molecule has 1 heterocycles. The Kier molecular flexibility index (Phi) is 4.71. The van der Waals surface area contributed by atoms with Gasteiger partial charge in [0, 0.05) is 29.9 Å². The molecule has 0 amide bonds. The van der Waals surface area contributed by atoms with Crippen molar-refractivity contribution in [3.8, 4) is 0 Å². The minimum absolute atomic E-state index is 0.235. The van der Waals surface area contributed by atoms with Gasteiger partial charge in [-0.3, -0.25) is 4.79 Å². The third-order valence-electron chi connectivity index (χ3n) is 5.59. The fraction of sp³-hybridized carbons (Fsp3) is 0.200. The van der Waals surface area contributed by atoms with E-state index < -0.39 is 5.97 Å². The van der Waals surface area contributed by atoms with Crippen molar-refractivity contribution in [2.45, 2.75) is 19.3 Å². The fourth-order valence-corrected chi connectivity index (χ4v) is 4.07. The van der Waals surface area contributed by atoms with E-state index in [9.17, 15) is 9.59 Å². The SMILES string of the molecule is CN1/C(=C/C(=O)COC(=O)c2cccc3ccccc23)C(C)(C)c2ccccc21. The average Bonchev–Trinajstić information content (AvgIpc) is 2.92. The monoisotopic (exact) mass is 385 g/mol. The number of anilines is 1. The number of nitrogens with zero attached hydrogens (tertiary/aromatic N) is 1. The van der Waals surface area contributed by atoms with Gasteiger partial charge in [0.1, 0.15) is 0 Å². The van der Waals surface area contributed by atoms with Crippen LogP contribution in [0.4, 0.5) is 5.69 Å². The fourth-order valence-electron chi connectivity index (χ4n) is 4.07. The lowest BCUT2D eigenvalue weighted by Crippen LogP contribution is -2.25. The molecule has 0 bridgehead atoms. The maximum atomic E-state index is 12.6. The third kappa shape index (κ3) is 3.31. The van der Waals surface area contributed by atoms with Crippen LogP contribution in [0.2, 0.25) is 0 Å². The van der Waals surface area contributed by atoms with Crippen molar-refractivity contribution in [1.29, 1.82) is 0 Å². The van der Waals surface area contributed by atoms with Crippen LogP contribution in [0.15, 0.2) is 78.5 Å². The number of hydrogen-bond acceptors (Lipinski definition) is 4. The molecule has 4 heteroatoms. The van der Waals surface area contributed by atoms with Gasteiger partial charge in [-0.15, -0.1) is 0 Å². The molecule has 4 rings (SSSR count). The second kappa shape index (κ2) is 7.21. The van der Waals surface area contributed by atoms with Crippen LogP contribution in [0.25, 0.3) is 10.8 Å². The predicted molar refractivity (Wildman–Crippen MR) is 115 cm³/mol. The highest BCUT2D eigenvalue weighted by Gasteiger charge is 2.38. The molecule has 1 aliphatic rings. The number of ether oxygens (including phenoxy) is 1. The normalized spacial score (nSPS) is 16.1. The molecule has 29 heavy (non-hydrogen) atoms. The molecular formula is C25H23NO3. The quantitative estimate of drug-likeness (QED) is 0.474. The van der Waals surface area contributed by atoms with Gasteiger partial charge in [0.15, 0.2) is 12.4 Å². The number of fused-ring (bicyclic) bond motifs is 2. The van der Waals surface area contributed by atoms with Crippen molar-refractivity contribution in [3.63, 3.8) is 0 Å². The van der Waals surface area contributed by atoms with Gasteiger partial charge < -0.3 is 9.64 Å². The summed E-state index contributed by atoms with van der Waals surface area (Å²) in [6.45, 7) is 3.90. The molecule has 3 aromatic carbocycles. The zero-order valence-electron chi connectivity index (χ0n) is 16.8. The number of rotatable bonds is 4. The van der Waals surface area contributed by atoms with E-state index in [1.165, 1.54) is 5.56 Å². The molecule has 0 fully saturated rings. The standard InChI is InChI=1S/C25H23NO3/c1-25(2)21-13-6-7-14-22(21)26(3)23(25)15-18(27)16-29-24(28)20-12-8-10-17-9-4-5-11-19(17)20/h4-15H,16H2,1-3H3/b23-15+. The summed E-state index contributed by atoms with van der Waals surface area (Å²) in [5.41, 5.74) is 3.33. The number of carbonyl (C=O) groups is 2. The zero-order valence-corrected chi connectivity index (χ0v) is 16.8. The molecule has 0 aliphatic carbocycles. The first-order chi connectivity index (χ1) is 13.9. The van der Waals surface area contributed by atoms with Crippen LogP contribution < -0.4 is 4.90 Å². The summed E-state index contributed by atoms with van der Waals surface area (Å²) in [7, 11) is 1.95. The molecule has 1 aliphatic heterocycles. The number of benzene rings is 3. The summed E-state index contributed by atoms with van der Waals surface area (Å²) in [5.74, 6) is -0.725. The van der Waals surface area contributed by atoms with Gasteiger partial charge in [0.2, 0.25) is 0 Å². The first-order valence-electron chi connectivity index (χ1n) is 9.63. The topological polar surface area (TPSA) is 46.6 Å². The molecule has 0 atom stereocenters. The molecule has 0 saturated heterocycles. The van der Waals surface area contributed by atoms with Gasteiger partial charge in [-0.2, -0.15) is 0 Å². The summed E-state index contributed by atoms with van der Waals surface area (Å²) in [6, 6.07) is 21.2. The van der Waals surface area contributed by atoms with Gasteiger partial charge in [-0.05, 0) is 28.5 Å². The number of allylic oxidation sites excluding steroid dienone is 1. The van der Waals surface area contributed by atoms with Gasteiger partial charge in [-0.1, -0.05) is 68.4 Å². The van der Waals surface area contributed by atoms with Crippen LogP contribution in [0.1, 0.15) is 29.8 Å². The summed E-state index contributed by atoms with van der Waals surface area (Å²) in [4.78, 5) is 27.2. The Morgan fingerprint density at radius 1 is 0.966 bits per heavy atom. The van der Waals surface area contributed by atoms with E-state index >= 15 is 0 Å². The minimum atomic E-state index is -0.490. The van der Waals surface area contributed by atoms with Crippen LogP contribution in [0.3, 0.4) is 0 Å². The molecule has 4 nitrogen and oxygen atoms in total. The van der Waals surface area contributed by atoms with E-state index in [2.05, 4.69) is 19.9 Å². The van der Waals surface area contributed by atoms with Crippen LogP contribution in [-0.4, -0.2) is 25.4 Å². The third-order valence-corrected chi connectivity index (χ3v) is 5.59. The molecule has 0 saturated carbocycles. The molecular weight excluding hydrogens is 362 g/mol. The lowest BCUT2D eigenvalue weighted by Gasteiger charge is -2.23. The number of esters is 1. The highest BCUT2D eigenvalue weighted by atomic mass is 16.5. The maximum Gasteiger partial charge on any atom is 0.339 e. The first kappa shape index (κ1) is 18.9. The van der Waals surface area contributed by atoms with E-state index in [0.717, 1.165) is 22.2 Å². The lowest BCUT2D eigenvalue weighted by molar-refractivity contribution is -0.117. The number of carbonyl (C=O) groups excluding carboxylic acids is 2. The Bertz CT molecular complexity index is 1140. The van der Waals surface area contributed by atoms with Crippen LogP contribution in [0.5, 0.6) is 0 Å². The minimum Gasteiger partial charge on any atom is -0.454 e.